The summed E-state index contributed by atoms with van der Waals surface area (Å²) in [4.78, 5) is 27.8. The van der Waals surface area contributed by atoms with E-state index in [-0.39, 0.29) is 35.9 Å². The second-order valence-corrected chi connectivity index (χ2v) is 10.6. The van der Waals surface area contributed by atoms with Crippen molar-refractivity contribution in [2.75, 3.05) is 25.2 Å². The standard InChI is InChI=1S/C32H44N2O4/c1-6-31(3,37-5)21-23-38-32(4,7-2)20-22-33-29(35)18-19-30(36)34-24-27-14-9-8-12-25(27)16-17-26-13-10-11-15-28(26)34/h8-17H,6-7,18-24H2,1-5H3,(H,33,35)/b17-16-. The summed E-state index contributed by atoms with van der Waals surface area (Å²) in [5.41, 5.74) is 3.54. The largest absolute Gasteiger partial charge is 0.378 e. The lowest BCUT2D eigenvalue weighted by Gasteiger charge is -2.32. The molecule has 0 spiro atoms. The minimum atomic E-state index is -0.319. The van der Waals surface area contributed by atoms with E-state index in [1.54, 1.807) is 12.0 Å². The number of benzene rings is 2. The average Bonchev–Trinajstić information content (AvgIpc) is 2.93. The highest BCUT2D eigenvalue weighted by Crippen LogP contribution is 2.29. The molecule has 0 bridgehead atoms. The summed E-state index contributed by atoms with van der Waals surface area (Å²) in [5.74, 6) is -0.174. The van der Waals surface area contributed by atoms with Crippen LogP contribution in [0.2, 0.25) is 0 Å². The van der Waals surface area contributed by atoms with E-state index < -0.39 is 0 Å². The van der Waals surface area contributed by atoms with Crippen molar-refractivity contribution in [3.8, 4) is 0 Å². The molecular weight excluding hydrogens is 476 g/mol. The van der Waals surface area contributed by atoms with Gasteiger partial charge in [-0.15, -0.1) is 0 Å². The van der Waals surface area contributed by atoms with Gasteiger partial charge in [-0.05, 0) is 62.3 Å². The lowest BCUT2D eigenvalue weighted by molar-refractivity contribution is -0.125. The van der Waals surface area contributed by atoms with E-state index in [9.17, 15) is 9.59 Å². The summed E-state index contributed by atoms with van der Waals surface area (Å²) in [7, 11) is 1.74. The van der Waals surface area contributed by atoms with E-state index in [1.807, 2.05) is 48.5 Å². The number of hydrogen-bond acceptors (Lipinski definition) is 4. The zero-order valence-electron chi connectivity index (χ0n) is 23.7. The van der Waals surface area contributed by atoms with Gasteiger partial charge in [0.1, 0.15) is 0 Å². The second kappa shape index (κ2) is 13.7. The fourth-order valence-corrected chi connectivity index (χ4v) is 4.57. The first-order valence-electron chi connectivity index (χ1n) is 13.8. The minimum absolute atomic E-state index is 0.0588. The summed E-state index contributed by atoms with van der Waals surface area (Å²) < 4.78 is 11.8. The van der Waals surface area contributed by atoms with Crippen molar-refractivity contribution in [1.29, 1.82) is 0 Å². The number of carbonyl (C=O) groups excluding carboxylic acids is 2. The van der Waals surface area contributed by atoms with Crippen LogP contribution in [0.3, 0.4) is 0 Å². The molecule has 0 radical (unpaired) electrons. The number of carbonyl (C=O) groups is 2. The van der Waals surface area contributed by atoms with Crippen LogP contribution >= 0.6 is 0 Å². The maximum Gasteiger partial charge on any atom is 0.227 e. The number of anilines is 1. The predicted octanol–water partition coefficient (Wildman–Crippen LogP) is 6.38. The molecule has 2 aromatic rings. The number of hydrogen-bond donors (Lipinski definition) is 1. The molecule has 1 N–H and O–H groups in total. The van der Waals surface area contributed by atoms with E-state index >= 15 is 0 Å². The Morgan fingerprint density at radius 3 is 2.26 bits per heavy atom. The molecule has 1 aliphatic heterocycles. The van der Waals surface area contributed by atoms with Gasteiger partial charge in [-0.25, -0.2) is 0 Å². The molecular formula is C32H44N2O4. The van der Waals surface area contributed by atoms with Gasteiger partial charge in [-0.3, -0.25) is 9.59 Å². The Labute approximate surface area is 228 Å². The number of nitrogens with zero attached hydrogens (tertiary/aromatic N) is 1. The third-order valence-electron chi connectivity index (χ3n) is 7.97. The van der Waals surface area contributed by atoms with Crippen LogP contribution in [0, 0.1) is 0 Å². The Kier molecular flexibility index (Phi) is 10.7. The van der Waals surface area contributed by atoms with E-state index in [1.165, 1.54) is 0 Å². The summed E-state index contributed by atoms with van der Waals surface area (Å²) in [6, 6.07) is 16.0. The molecule has 6 heteroatoms. The topological polar surface area (TPSA) is 67.9 Å². The molecule has 2 unspecified atom stereocenters. The lowest BCUT2D eigenvalue weighted by atomic mass is 9.97. The SMILES string of the molecule is CCC(C)(CCOC(C)(CC)CCNC(=O)CCC(=O)N1Cc2ccccc2/C=C\c2ccccc21)OC. The van der Waals surface area contributed by atoms with E-state index in [2.05, 4.69) is 45.2 Å². The van der Waals surface area contributed by atoms with E-state index in [0.29, 0.717) is 26.1 Å². The highest BCUT2D eigenvalue weighted by atomic mass is 16.5. The zero-order chi connectivity index (χ0) is 27.6. The highest BCUT2D eigenvalue weighted by molar-refractivity contribution is 5.98. The van der Waals surface area contributed by atoms with Crippen LogP contribution in [0.1, 0.15) is 82.9 Å². The molecule has 2 aromatic carbocycles. The smallest absolute Gasteiger partial charge is 0.227 e. The van der Waals surface area contributed by atoms with Crippen molar-refractivity contribution in [3.63, 3.8) is 0 Å². The highest BCUT2D eigenvalue weighted by Gasteiger charge is 2.27. The lowest BCUT2D eigenvalue weighted by Crippen LogP contribution is -2.37. The molecule has 1 aliphatic rings. The van der Waals surface area contributed by atoms with Gasteiger partial charge in [0, 0.05) is 26.5 Å². The van der Waals surface area contributed by atoms with Gasteiger partial charge in [-0.2, -0.15) is 0 Å². The third-order valence-corrected chi connectivity index (χ3v) is 7.97. The minimum Gasteiger partial charge on any atom is -0.378 e. The fourth-order valence-electron chi connectivity index (χ4n) is 4.57. The first kappa shape index (κ1) is 29.6. The number of nitrogens with one attached hydrogen (secondary N) is 1. The number of methoxy groups -OCH3 is 1. The number of rotatable bonds is 13. The van der Waals surface area contributed by atoms with Crippen molar-refractivity contribution >= 4 is 29.7 Å². The Morgan fingerprint density at radius 2 is 1.55 bits per heavy atom. The van der Waals surface area contributed by atoms with Gasteiger partial charge < -0.3 is 19.7 Å². The predicted molar refractivity (Wildman–Crippen MR) is 155 cm³/mol. The van der Waals surface area contributed by atoms with Gasteiger partial charge >= 0.3 is 0 Å². The molecule has 38 heavy (non-hydrogen) atoms. The Balaban J connectivity index is 1.52. The summed E-state index contributed by atoms with van der Waals surface area (Å²) >= 11 is 0. The van der Waals surface area contributed by atoms with Crippen LogP contribution in [-0.4, -0.2) is 43.3 Å². The zero-order valence-corrected chi connectivity index (χ0v) is 23.7. The van der Waals surface area contributed by atoms with Crippen LogP contribution in [0.4, 0.5) is 5.69 Å². The van der Waals surface area contributed by atoms with Crippen molar-refractivity contribution in [3.05, 3.63) is 65.2 Å². The van der Waals surface area contributed by atoms with Crippen LogP contribution in [0.5, 0.6) is 0 Å². The van der Waals surface area contributed by atoms with Gasteiger partial charge in [0.15, 0.2) is 0 Å². The van der Waals surface area contributed by atoms with Gasteiger partial charge in [0.05, 0.1) is 30.0 Å². The van der Waals surface area contributed by atoms with Crippen LogP contribution in [0.15, 0.2) is 48.5 Å². The van der Waals surface area contributed by atoms with Crippen molar-refractivity contribution in [2.45, 2.75) is 84.0 Å². The molecule has 6 nitrogen and oxygen atoms in total. The Bertz CT molecular complexity index is 1110. The molecule has 206 valence electrons. The summed E-state index contributed by atoms with van der Waals surface area (Å²) in [6.07, 6.45) is 7.76. The average molecular weight is 521 g/mol. The van der Waals surface area contributed by atoms with Crippen LogP contribution < -0.4 is 10.2 Å². The summed E-state index contributed by atoms with van der Waals surface area (Å²) in [5, 5.41) is 2.99. The maximum atomic E-state index is 13.4. The number of para-hydroxylation sites is 1. The molecule has 2 atom stereocenters. The van der Waals surface area contributed by atoms with Crippen molar-refractivity contribution in [2.24, 2.45) is 0 Å². The molecule has 2 amide bonds. The fraction of sp³-hybridized carbons (Fsp3) is 0.500. The second-order valence-electron chi connectivity index (χ2n) is 10.6. The molecule has 0 aliphatic carbocycles. The molecule has 3 rings (SSSR count). The Hall–Kier alpha value is -2.96. The monoisotopic (exact) mass is 520 g/mol. The molecule has 0 fully saturated rings. The number of fused-ring (bicyclic) bond motifs is 2. The van der Waals surface area contributed by atoms with Gasteiger partial charge in [0.25, 0.3) is 0 Å². The van der Waals surface area contributed by atoms with Gasteiger partial charge in [0.2, 0.25) is 11.8 Å². The van der Waals surface area contributed by atoms with E-state index in [0.717, 1.165) is 41.6 Å². The molecule has 0 saturated carbocycles. The third kappa shape index (κ3) is 8.02. The van der Waals surface area contributed by atoms with Crippen LogP contribution in [0.25, 0.3) is 12.2 Å². The van der Waals surface area contributed by atoms with E-state index in [4.69, 9.17) is 9.47 Å². The Morgan fingerprint density at radius 1 is 0.895 bits per heavy atom. The summed E-state index contributed by atoms with van der Waals surface area (Å²) in [6.45, 7) is 10.0. The molecule has 0 aromatic heterocycles. The van der Waals surface area contributed by atoms with Gasteiger partial charge in [-0.1, -0.05) is 68.5 Å². The first-order valence-corrected chi connectivity index (χ1v) is 13.8. The molecule has 1 heterocycles. The normalized spacial score (nSPS) is 16.7. The van der Waals surface area contributed by atoms with Crippen molar-refractivity contribution < 1.29 is 19.1 Å². The molecule has 0 saturated heterocycles. The van der Waals surface area contributed by atoms with Crippen molar-refractivity contribution in [1.82, 2.24) is 5.32 Å². The first-order chi connectivity index (χ1) is 18.2. The number of ether oxygens (including phenoxy) is 2. The maximum absolute atomic E-state index is 13.4. The van der Waals surface area contributed by atoms with Crippen LogP contribution in [-0.2, 0) is 25.6 Å². The quantitative estimate of drug-likeness (QED) is 0.333. The number of amides is 2.